The number of carbonyl (C=O) groups is 2. The zero-order chi connectivity index (χ0) is 25.1. The molecule has 8 atom stereocenters. The lowest BCUT2D eigenvalue weighted by atomic mass is 9.59. The highest BCUT2D eigenvalue weighted by Gasteiger charge is 2.84. The third-order valence-electron chi connectivity index (χ3n) is 9.51. The first-order chi connectivity index (χ1) is 15.5. The Hall–Kier alpha value is -0.966. The van der Waals surface area contributed by atoms with E-state index in [0.717, 1.165) is 31.3 Å². The summed E-state index contributed by atoms with van der Waals surface area (Å²) in [4.78, 5) is 27.1. The normalized spacial score (nSPS) is 47.3. The van der Waals surface area contributed by atoms with Crippen molar-refractivity contribution in [3.63, 3.8) is 0 Å². The van der Waals surface area contributed by atoms with E-state index in [4.69, 9.17) is 18.3 Å². The fourth-order valence-corrected chi connectivity index (χ4v) is 11.8. The van der Waals surface area contributed by atoms with Gasteiger partial charge in [0.15, 0.2) is 16.6 Å². The molecule has 6 nitrogen and oxygen atoms in total. The second kappa shape index (κ2) is 7.08. The molecule has 190 valence electrons. The van der Waals surface area contributed by atoms with Crippen molar-refractivity contribution in [3.8, 4) is 0 Å². The lowest BCUT2D eigenvalue weighted by Crippen LogP contribution is -2.54. The van der Waals surface area contributed by atoms with Gasteiger partial charge in [-0.15, -0.1) is 0 Å². The van der Waals surface area contributed by atoms with Gasteiger partial charge in [0.25, 0.3) is 0 Å². The molecule has 5 rings (SSSR count). The summed E-state index contributed by atoms with van der Waals surface area (Å²) < 4.78 is 25.4. The summed E-state index contributed by atoms with van der Waals surface area (Å²) in [6.45, 7) is 19.8. The number of esters is 2. The molecule has 1 heterocycles. The van der Waals surface area contributed by atoms with E-state index in [1.165, 1.54) is 7.11 Å². The number of rotatable bonds is 5. The summed E-state index contributed by atoms with van der Waals surface area (Å²) in [5.74, 6) is -0.860. The number of carbonyl (C=O) groups excluding carboxylic acids is 2. The smallest absolute Gasteiger partial charge is 0.312 e. The zero-order valence-corrected chi connectivity index (χ0v) is 24.2. The highest BCUT2D eigenvalue weighted by Crippen LogP contribution is 2.79. The predicted molar refractivity (Wildman–Crippen MR) is 134 cm³/mol. The number of fused-ring (bicyclic) bond motifs is 1. The van der Waals surface area contributed by atoms with Crippen LogP contribution in [0.3, 0.4) is 0 Å². The number of ether oxygens (including phenoxy) is 2. The molecule has 0 aromatic rings. The fourth-order valence-electron chi connectivity index (χ4n) is 9.16. The maximum Gasteiger partial charge on any atom is 0.312 e. The maximum atomic E-state index is 13.6. The minimum atomic E-state index is -1.86. The van der Waals surface area contributed by atoms with Gasteiger partial charge in [0.1, 0.15) is 5.60 Å². The van der Waals surface area contributed by atoms with E-state index in [1.807, 2.05) is 6.92 Å². The van der Waals surface area contributed by atoms with Crippen LogP contribution in [0.1, 0.15) is 45.4 Å². The largest absolute Gasteiger partial charge is 0.469 e. The van der Waals surface area contributed by atoms with E-state index >= 15 is 0 Å². The lowest BCUT2D eigenvalue weighted by molar-refractivity contribution is -0.163. The van der Waals surface area contributed by atoms with Gasteiger partial charge in [-0.3, -0.25) is 9.59 Å². The van der Waals surface area contributed by atoms with E-state index in [0.29, 0.717) is 12.8 Å². The molecule has 0 aromatic heterocycles. The Balaban J connectivity index is 1.64. The first kappa shape index (κ1) is 24.7. The van der Waals surface area contributed by atoms with Gasteiger partial charge in [-0.1, -0.05) is 6.58 Å². The molecule has 4 bridgehead atoms. The monoisotopic (exact) mass is 506 g/mol. The van der Waals surface area contributed by atoms with E-state index < -0.39 is 33.6 Å². The van der Waals surface area contributed by atoms with Crippen LogP contribution in [0.4, 0.5) is 0 Å². The number of methoxy groups -OCH3 is 1. The van der Waals surface area contributed by atoms with Gasteiger partial charge in [0.05, 0.1) is 24.0 Å². The van der Waals surface area contributed by atoms with Crippen LogP contribution in [0, 0.1) is 28.6 Å². The first-order valence-electron chi connectivity index (χ1n) is 12.9. The third kappa shape index (κ3) is 3.17. The van der Waals surface area contributed by atoms with Crippen LogP contribution in [0.2, 0.25) is 39.3 Å². The van der Waals surface area contributed by atoms with Crippen molar-refractivity contribution in [2.45, 2.75) is 102 Å². The molecular formula is C26H42O6Si2. The van der Waals surface area contributed by atoms with Gasteiger partial charge in [-0.2, -0.15) is 0 Å². The van der Waals surface area contributed by atoms with Crippen LogP contribution >= 0.6 is 0 Å². The summed E-state index contributed by atoms with van der Waals surface area (Å²) in [5.41, 5.74) is -1.04. The highest BCUT2D eigenvalue weighted by molar-refractivity contribution is 6.70. The Bertz CT molecular complexity index is 952. The van der Waals surface area contributed by atoms with E-state index in [9.17, 15) is 9.59 Å². The number of hydrogen-bond donors (Lipinski definition) is 0. The molecule has 5 fully saturated rings. The topological polar surface area (TPSA) is 71.1 Å². The molecule has 5 aliphatic rings. The average molecular weight is 507 g/mol. The van der Waals surface area contributed by atoms with Crippen molar-refractivity contribution in [2.75, 3.05) is 7.11 Å². The molecule has 0 N–H and O–H groups in total. The summed E-state index contributed by atoms with van der Waals surface area (Å²) in [5, 5.41) is 0. The van der Waals surface area contributed by atoms with Crippen molar-refractivity contribution in [1.82, 2.24) is 0 Å². The SMILES string of the molecule is C=C1C[C@]23C[C@@]1(O[Si](C)(C)C)CCC2[C@@]12C[C@@H](O[Si](C)(C)C)CC(C)(C(=O)O1)C2[C@@H]3C(=O)OC. The minimum Gasteiger partial charge on any atom is -0.469 e. The molecule has 1 saturated heterocycles. The van der Waals surface area contributed by atoms with Crippen LogP contribution < -0.4 is 0 Å². The first-order valence-corrected chi connectivity index (χ1v) is 19.7. The molecule has 0 amide bonds. The molecule has 0 aromatic carbocycles. The zero-order valence-electron chi connectivity index (χ0n) is 22.2. The Morgan fingerprint density at radius 1 is 1.12 bits per heavy atom. The highest BCUT2D eigenvalue weighted by atomic mass is 28.4. The summed E-state index contributed by atoms with van der Waals surface area (Å²) in [6.07, 6.45) is 4.53. The van der Waals surface area contributed by atoms with Crippen molar-refractivity contribution in [3.05, 3.63) is 12.2 Å². The van der Waals surface area contributed by atoms with Gasteiger partial charge in [0.2, 0.25) is 0 Å². The van der Waals surface area contributed by atoms with Crippen LogP contribution in [-0.2, 0) is 27.9 Å². The molecule has 1 aliphatic heterocycles. The van der Waals surface area contributed by atoms with Crippen molar-refractivity contribution in [1.29, 1.82) is 0 Å². The molecule has 34 heavy (non-hydrogen) atoms. The molecular weight excluding hydrogens is 464 g/mol. The van der Waals surface area contributed by atoms with Crippen molar-refractivity contribution < 1.29 is 27.9 Å². The second-order valence-corrected chi connectivity index (χ2v) is 22.9. The van der Waals surface area contributed by atoms with Crippen LogP contribution in [-0.4, -0.2) is 53.0 Å². The molecule has 8 heteroatoms. The third-order valence-corrected chi connectivity index (χ3v) is 11.6. The molecule has 0 radical (unpaired) electrons. The summed E-state index contributed by atoms with van der Waals surface area (Å²) in [7, 11) is -2.20. The Labute approximate surface area is 206 Å². The van der Waals surface area contributed by atoms with E-state index in [-0.39, 0.29) is 40.9 Å². The quantitative estimate of drug-likeness (QED) is 0.295. The van der Waals surface area contributed by atoms with Crippen molar-refractivity contribution >= 4 is 28.6 Å². The Morgan fingerprint density at radius 2 is 1.79 bits per heavy atom. The molecule has 1 spiro atoms. The van der Waals surface area contributed by atoms with Gasteiger partial charge < -0.3 is 18.3 Å². The number of hydrogen-bond acceptors (Lipinski definition) is 6. The van der Waals surface area contributed by atoms with Gasteiger partial charge in [0, 0.05) is 24.4 Å². The van der Waals surface area contributed by atoms with Gasteiger partial charge in [-0.25, -0.2) is 0 Å². The van der Waals surface area contributed by atoms with Crippen LogP contribution in [0.25, 0.3) is 0 Å². The van der Waals surface area contributed by atoms with E-state index in [1.54, 1.807) is 0 Å². The maximum absolute atomic E-state index is 13.6. The summed E-state index contributed by atoms with van der Waals surface area (Å²) in [6, 6.07) is 0. The van der Waals surface area contributed by atoms with E-state index in [2.05, 4.69) is 45.9 Å². The predicted octanol–water partition coefficient (Wildman–Crippen LogP) is 5.06. The Morgan fingerprint density at radius 3 is 2.38 bits per heavy atom. The molecule has 4 saturated carbocycles. The Kier molecular flexibility index (Phi) is 5.14. The molecule has 4 aliphatic carbocycles. The standard InChI is InChI=1S/C26H42O6Si2/c1-16-12-24-15-25(16,32-34(7,8)9)11-10-18(24)26-14-17(31-33(4,5)6)13-23(2,22(28)30-26)20(26)19(24)21(27)29-3/h17-20H,1,10-15H2,2-9H3/t17-,18?,19+,20?,23?,24-,25-,26+/m0/s1. The van der Waals surface area contributed by atoms with Gasteiger partial charge >= 0.3 is 11.9 Å². The molecule has 3 unspecified atom stereocenters. The van der Waals surface area contributed by atoms with Gasteiger partial charge in [-0.05, 0) is 89.3 Å². The minimum absolute atomic E-state index is 0.0256. The summed E-state index contributed by atoms with van der Waals surface area (Å²) >= 11 is 0. The average Bonchev–Trinajstić information content (AvgIpc) is 3.07. The lowest BCUT2D eigenvalue weighted by Gasteiger charge is -2.49. The van der Waals surface area contributed by atoms with Crippen molar-refractivity contribution in [2.24, 2.45) is 28.6 Å². The van der Waals surface area contributed by atoms with Crippen LogP contribution in [0.5, 0.6) is 0 Å². The second-order valence-electron chi connectivity index (χ2n) is 14.0. The van der Waals surface area contributed by atoms with Crippen LogP contribution in [0.15, 0.2) is 12.2 Å². The fraction of sp³-hybridized carbons (Fsp3) is 0.846.